The van der Waals surface area contributed by atoms with Crippen LogP contribution in [0, 0.1) is 10.1 Å². The second-order valence-electron chi connectivity index (χ2n) is 2.76. The topological polar surface area (TPSA) is 94.9 Å². The van der Waals surface area contributed by atoms with Gasteiger partial charge >= 0.3 is 0 Å². The van der Waals surface area contributed by atoms with Crippen LogP contribution in [-0.4, -0.2) is 14.3 Å². The molecule has 1 aromatic carbocycles. The SMILES string of the molecule is Nc1nsc(-c2ccc([N+](=O)[O-])cc2)n1. The number of hydrogen-bond donors (Lipinski definition) is 1. The zero-order valence-electron chi connectivity index (χ0n) is 7.45. The van der Waals surface area contributed by atoms with Crippen molar-refractivity contribution in [1.82, 2.24) is 9.36 Å². The normalized spacial score (nSPS) is 10.1. The second-order valence-corrected chi connectivity index (χ2v) is 3.51. The first kappa shape index (κ1) is 9.53. The molecular weight excluding hydrogens is 216 g/mol. The van der Waals surface area contributed by atoms with E-state index in [0.29, 0.717) is 5.01 Å². The van der Waals surface area contributed by atoms with E-state index in [1.165, 1.54) is 12.1 Å². The quantitative estimate of drug-likeness (QED) is 0.616. The maximum Gasteiger partial charge on any atom is 0.269 e. The molecule has 0 amide bonds. The van der Waals surface area contributed by atoms with Gasteiger partial charge in [0.25, 0.3) is 5.69 Å². The lowest BCUT2D eigenvalue weighted by molar-refractivity contribution is -0.384. The van der Waals surface area contributed by atoms with Crippen molar-refractivity contribution in [2.45, 2.75) is 0 Å². The van der Waals surface area contributed by atoms with Gasteiger partial charge in [0.1, 0.15) is 5.01 Å². The summed E-state index contributed by atoms with van der Waals surface area (Å²) in [5.74, 6) is 0.216. The number of rotatable bonds is 2. The summed E-state index contributed by atoms with van der Waals surface area (Å²) in [5, 5.41) is 11.1. The van der Waals surface area contributed by atoms with Crippen LogP contribution in [0.4, 0.5) is 11.6 Å². The highest BCUT2D eigenvalue weighted by molar-refractivity contribution is 7.09. The molecule has 2 rings (SSSR count). The van der Waals surface area contributed by atoms with Gasteiger partial charge in [0, 0.05) is 17.7 Å². The number of nitrogens with two attached hydrogens (primary N) is 1. The molecule has 0 unspecified atom stereocenters. The lowest BCUT2D eigenvalue weighted by atomic mass is 10.2. The fraction of sp³-hybridized carbons (Fsp3) is 0. The van der Waals surface area contributed by atoms with Crippen LogP contribution in [-0.2, 0) is 0 Å². The van der Waals surface area contributed by atoms with E-state index in [9.17, 15) is 10.1 Å². The summed E-state index contributed by atoms with van der Waals surface area (Å²) >= 11 is 1.16. The monoisotopic (exact) mass is 222 g/mol. The molecule has 0 aliphatic carbocycles. The molecule has 0 saturated heterocycles. The van der Waals surface area contributed by atoms with E-state index in [-0.39, 0.29) is 11.6 Å². The van der Waals surface area contributed by atoms with Crippen LogP contribution in [0.5, 0.6) is 0 Å². The van der Waals surface area contributed by atoms with Gasteiger partial charge < -0.3 is 5.73 Å². The van der Waals surface area contributed by atoms with Crippen molar-refractivity contribution in [2.75, 3.05) is 5.73 Å². The van der Waals surface area contributed by atoms with Crippen LogP contribution in [0.2, 0.25) is 0 Å². The molecule has 2 aromatic rings. The Morgan fingerprint density at radius 2 is 2.00 bits per heavy atom. The van der Waals surface area contributed by atoms with Gasteiger partial charge in [-0.25, -0.2) is 0 Å². The smallest absolute Gasteiger partial charge is 0.269 e. The molecule has 7 heteroatoms. The van der Waals surface area contributed by atoms with Crippen LogP contribution in [0.3, 0.4) is 0 Å². The van der Waals surface area contributed by atoms with Gasteiger partial charge in [0.2, 0.25) is 5.95 Å². The van der Waals surface area contributed by atoms with Crippen LogP contribution >= 0.6 is 11.5 Å². The molecule has 0 atom stereocenters. The number of benzene rings is 1. The molecule has 6 nitrogen and oxygen atoms in total. The third kappa shape index (κ3) is 1.91. The van der Waals surface area contributed by atoms with Gasteiger partial charge in [-0.1, -0.05) is 0 Å². The van der Waals surface area contributed by atoms with Gasteiger partial charge in [-0.05, 0) is 23.7 Å². The predicted molar refractivity (Wildman–Crippen MR) is 56.4 cm³/mol. The summed E-state index contributed by atoms with van der Waals surface area (Å²) < 4.78 is 3.82. The van der Waals surface area contributed by atoms with Crippen LogP contribution in [0.25, 0.3) is 10.6 Å². The largest absolute Gasteiger partial charge is 0.367 e. The third-order valence-electron chi connectivity index (χ3n) is 1.77. The molecule has 15 heavy (non-hydrogen) atoms. The molecule has 0 saturated carbocycles. The van der Waals surface area contributed by atoms with E-state index >= 15 is 0 Å². The van der Waals surface area contributed by atoms with E-state index in [1.54, 1.807) is 12.1 Å². The van der Waals surface area contributed by atoms with Crippen molar-refractivity contribution in [3.63, 3.8) is 0 Å². The lowest BCUT2D eigenvalue weighted by Crippen LogP contribution is -1.87. The summed E-state index contributed by atoms with van der Waals surface area (Å²) in [6.07, 6.45) is 0. The van der Waals surface area contributed by atoms with Crippen molar-refractivity contribution in [3.8, 4) is 10.6 Å². The Bertz CT molecular complexity index is 494. The van der Waals surface area contributed by atoms with Crippen LogP contribution < -0.4 is 5.73 Å². The maximum atomic E-state index is 10.4. The maximum absolute atomic E-state index is 10.4. The third-order valence-corrected chi connectivity index (χ3v) is 2.55. The Morgan fingerprint density at radius 1 is 1.33 bits per heavy atom. The molecule has 0 fully saturated rings. The first-order chi connectivity index (χ1) is 7.16. The van der Waals surface area contributed by atoms with E-state index in [2.05, 4.69) is 9.36 Å². The number of nitrogen functional groups attached to an aromatic ring is 1. The second kappa shape index (κ2) is 3.62. The van der Waals surface area contributed by atoms with Gasteiger partial charge in [-0.3, -0.25) is 10.1 Å². The number of non-ortho nitro benzene ring substituents is 1. The van der Waals surface area contributed by atoms with Gasteiger partial charge in [0.05, 0.1) is 4.92 Å². The highest BCUT2D eigenvalue weighted by atomic mass is 32.1. The van der Waals surface area contributed by atoms with Crippen molar-refractivity contribution in [1.29, 1.82) is 0 Å². The molecule has 0 radical (unpaired) electrons. The summed E-state index contributed by atoms with van der Waals surface area (Å²) in [4.78, 5) is 13.9. The molecule has 2 N–H and O–H groups in total. The highest BCUT2D eigenvalue weighted by Crippen LogP contribution is 2.24. The molecule has 1 aromatic heterocycles. The number of anilines is 1. The summed E-state index contributed by atoms with van der Waals surface area (Å²) in [7, 11) is 0. The van der Waals surface area contributed by atoms with Crippen molar-refractivity contribution >= 4 is 23.2 Å². The summed E-state index contributed by atoms with van der Waals surface area (Å²) in [6.45, 7) is 0. The zero-order valence-corrected chi connectivity index (χ0v) is 8.27. The first-order valence-electron chi connectivity index (χ1n) is 4.01. The van der Waals surface area contributed by atoms with Gasteiger partial charge in [-0.2, -0.15) is 9.36 Å². The fourth-order valence-electron chi connectivity index (χ4n) is 1.08. The molecule has 1 heterocycles. The average Bonchev–Trinajstić information content (AvgIpc) is 2.65. The summed E-state index contributed by atoms with van der Waals surface area (Å²) in [5.41, 5.74) is 6.20. The molecule has 0 bridgehead atoms. The molecule has 0 aliphatic rings. The predicted octanol–water partition coefficient (Wildman–Crippen LogP) is 1.70. The van der Waals surface area contributed by atoms with E-state index < -0.39 is 4.92 Å². The molecule has 0 aliphatic heterocycles. The van der Waals surface area contributed by atoms with Crippen molar-refractivity contribution in [2.24, 2.45) is 0 Å². The number of hydrogen-bond acceptors (Lipinski definition) is 6. The lowest BCUT2D eigenvalue weighted by Gasteiger charge is -1.94. The minimum absolute atomic E-state index is 0.0521. The number of nitro benzene ring substituents is 1. The van der Waals surface area contributed by atoms with Crippen LogP contribution in [0.1, 0.15) is 0 Å². The summed E-state index contributed by atoms with van der Waals surface area (Å²) in [6, 6.07) is 6.09. The minimum Gasteiger partial charge on any atom is -0.367 e. The Hall–Kier alpha value is -2.02. The Morgan fingerprint density at radius 3 is 2.47 bits per heavy atom. The number of aromatic nitrogens is 2. The Kier molecular flexibility index (Phi) is 2.30. The first-order valence-corrected chi connectivity index (χ1v) is 4.78. The standard InChI is InChI=1S/C8H6N4O2S/c9-8-10-7(15-11-8)5-1-3-6(4-2-5)12(13)14/h1-4H,(H2,9,11). The number of nitrogens with zero attached hydrogens (tertiary/aromatic N) is 3. The molecular formula is C8H6N4O2S. The molecule has 0 spiro atoms. The Labute approximate surface area is 88.7 Å². The Balaban J connectivity index is 2.35. The van der Waals surface area contributed by atoms with Crippen molar-refractivity contribution < 1.29 is 4.92 Å². The fourth-order valence-corrected chi connectivity index (χ4v) is 1.67. The van der Waals surface area contributed by atoms with Crippen LogP contribution in [0.15, 0.2) is 24.3 Å². The van der Waals surface area contributed by atoms with Gasteiger partial charge in [-0.15, -0.1) is 0 Å². The van der Waals surface area contributed by atoms with Crippen molar-refractivity contribution in [3.05, 3.63) is 34.4 Å². The average molecular weight is 222 g/mol. The minimum atomic E-state index is -0.446. The molecule has 76 valence electrons. The zero-order chi connectivity index (χ0) is 10.8. The highest BCUT2D eigenvalue weighted by Gasteiger charge is 2.07. The number of nitro groups is 1. The van der Waals surface area contributed by atoms with E-state index in [0.717, 1.165) is 17.1 Å². The van der Waals surface area contributed by atoms with E-state index in [4.69, 9.17) is 5.73 Å². The van der Waals surface area contributed by atoms with Gasteiger partial charge in [0.15, 0.2) is 0 Å². The van der Waals surface area contributed by atoms with E-state index in [1.807, 2.05) is 0 Å².